The summed E-state index contributed by atoms with van der Waals surface area (Å²) in [6.45, 7) is 1.66. The molecule has 94 valence electrons. The number of halogens is 3. The zero-order valence-corrected chi connectivity index (χ0v) is 11.3. The summed E-state index contributed by atoms with van der Waals surface area (Å²) in [5.74, 6) is -0.659. The second kappa shape index (κ2) is 5.16. The second-order valence-electron chi connectivity index (χ2n) is 4.15. The van der Waals surface area contributed by atoms with Crippen molar-refractivity contribution < 1.29 is 8.78 Å². The molecule has 0 amide bonds. The van der Waals surface area contributed by atoms with E-state index in [2.05, 4.69) is 15.9 Å². The van der Waals surface area contributed by atoms with Crippen molar-refractivity contribution in [3.05, 3.63) is 69.2 Å². The minimum atomic E-state index is -0.609. The standard InChI is InChI=1S/C14H12BrF2N/c1-8-6-9(2-4-12(8)16)14(18)11-7-10(15)3-5-13(11)17/h2-7,14H,18H2,1H3. The highest BCUT2D eigenvalue weighted by Crippen LogP contribution is 2.26. The van der Waals surface area contributed by atoms with Gasteiger partial charge in [-0.15, -0.1) is 0 Å². The molecule has 0 saturated carbocycles. The van der Waals surface area contributed by atoms with Crippen LogP contribution >= 0.6 is 15.9 Å². The lowest BCUT2D eigenvalue weighted by atomic mass is 9.97. The fourth-order valence-electron chi connectivity index (χ4n) is 1.79. The molecule has 1 nitrogen and oxygen atoms in total. The van der Waals surface area contributed by atoms with E-state index in [1.165, 1.54) is 12.1 Å². The molecule has 0 bridgehead atoms. The van der Waals surface area contributed by atoms with E-state index in [0.29, 0.717) is 16.7 Å². The SMILES string of the molecule is Cc1cc(C(N)c2cc(Br)ccc2F)ccc1F. The molecule has 2 aromatic carbocycles. The third kappa shape index (κ3) is 2.60. The summed E-state index contributed by atoms with van der Waals surface area (Å²) >= 11 is 3.28. The largest absolute Gasteiger partial charge is 0.320 e. The van der Waals surface area contributed by atoms with Crippen molar-refractivity contribution >= 4 is 15.9 Å². The van der Waals surface area contributed by atoms with Crippen molar-refractivity contribution in [2.75, 3.05) is 0 Å². The van der Waals surface area contributed by atoms with Gasteiger partial charge in [0, 0.05) is 10.0 Å². The van der Waals surface area contributed by atoms with Gasteiger partial charge in [0.2, 0.25) is 0 Å². The molecule has 2 rings (SSSR count). The Balaban J connectivity index is 2.44. The van der Waals surface area contributed by atoms with Gasteiger partial charge in [-0.3, -0.25) is 0 Å². The van der Waals surface area contributed by atoms with Gasteiger partial charge in [0.25, 0.3) is 0 Å². The van der Waals surface area contributed by atoms with E-state index in [1.54, 1.807) is 31.2 Å². The summed E-state index contributed by atoms with van der Waals surface area (Å²) < 4.78 is 27.7. The summed E-state index contributed by atoms with van der Waals surface area (Å²) in [6, 6.07) is 8.56. The predicted molar refractivity (Wildman–Crippen MR) is 71.3 cm³/mol. The van der Waals surface area contributed by atoms with Crippen LogP contribution in [0.2, 0.25) is 0 Å². The molecule has 1 unspecified atom stereocenters. The number of rotatable bonds is 2. The van der Waals surface area contributed by atoms with Crippen LogP contribution in [0.4, 0.5) is 8.78 Å². The van der Waals surface area contributed by atoms with E-state index < -0.39 is 6.04 Å². The Morgan fingerprint density at radius 3 is 2.39 bits per heavy atom. The van der Waals surface area contributed by atoms with Crippen molar-refractivity contribution in [1.29, 1.82) is 0 Å². The number of benzene rings is 2. The van der Waals surface area contributed by atoms with Crippen molar-refractivity contribution in [3.63, 3.8) is 0 Å². The monoisotopic (exact) mass is 311 g/mol. The average Bonchev–Trinajstić information content (AvgIpc) is 2.35. The fraction of sp³-hybridized carbons (Fsp3) is 0.143. The molecule has 0 aliphatic carbocycles. The van der Waals surface area contributed by atoms with Gasteiger partial charge in [-0.1, -0.05) is 28.1 Å². The van der Waals surface area contributed by atoms with Crippen LogP contribution in [0.3, 0.4) is 0 Å². The van der Waals surface area contributed by atoms with Crippen molar-refractivity contribution in [2.45, 2.75) is 13.0 Å². The lowest BCUT2D eigenvalue weighted by Gasteiger charge is -2.14. The van der Waals surface area contributed by atoms with Crippen LogP contribution in [-0.2, 0) is 0 Å². The van der Waals surface area contributed by atoms with Gasteiger partial charge in [0.15, 0.2) is 0 Å². The molecule has 4 heteroatoms. The maximum absolute atomic E-state index is 13.7. The van der Waals surface area contributed by atoms with Crippen LogP contribution in [-0.4, -0.2) is 0 Å². The summed E-state index contributed by atoms with van der Waals surface area (Å²) in [5, 5.41) is 0. The summed E-state index contributed by atoms with van der Waals surface area (Å²) in [5.41, 5.74) is 7.59. The van der Waals surface area contributed by atoms with Gasteiger partial charge in [-0.25, -0.2) is 8.78 Å². The minimum Gasteiger partial charge on any atom is -0.320 e. The molecule has 0 aromatic heterocycles. The molecule has 2 aromatic rings. The molecular formula is C14H12BrF2N. The summed E-state index contributed by atoms with van der Waals surface area (Å²) in [6.07, 6.45) is 0. The smallest absolute Gasteiger partial charge is 0.128 e. The van der Waals surface area contributed by atoms with Crippen LogP contribution in [0.25, 0.3) is 0 Å². The maximum Gasteiger partial charge on any atom is 0.128 e. The average molecular weight is 312 g/mol. The Bertz CT molecular complexity index is 584. The molecule has 0 aliphatic heterocycles. The third-order valence-electron chi connectivity index (χ3n) is 2.83. The lowest BCUT2D eigenvalue weighted by molar-refractivity contribution is 0.597. The van der Waals surface area contributed by atoms with Crippen LogP contribution in [0.5, 0.6) is 0 Å². The van der Waals surface area contributed by atoms with Gasteiger partial charge in [-0.05, 0) is 42.3 Å². The normalized spacial score (nSPS) is 12.5. The molecule has 0 saturated heterocycles. The molecule has 1 atom stereocenters. The van der Waals surface area contributed by atoms with Gasteiger partial charge in [0.05, 0.1) is 6.04 Å². The molecule has 0 fully saturated rings. The Hall–Kier alpha value is -1.26. The quantitative estimate of drug-likeness (QED) is 0.888. The van der Waals surface area contributed by atoms with E-state index in [4.69, 9.17) is 5.73 Å². The van der Waals surface area contributed by atoms with Gasteiger partial charge < -0.3 is 5.73 Å². The van der Waals surface area contributed by atoms with Crippen LogP contribution < -0.4 is 5.73 Å². The minimum absolute atomic E-state index is 0.291. The first-order valence-corrected chi connectivity index (χ1v) is 6.25. The topological polar surface area (TPSA) is 26.0 Å². The van der Waals surface area contributed by atoms with E-state index in [1.807, 2.05) is 0 Å². The first kappa shape index (κ1) is 13.2. The maximum atomic E-state index is 13.7. The third-order valence-corrected chi connectivity index (χ3v) is 3.33. The predicted octanol–water partition coefficient (Wildman–Crippen LogP) is 4.08. The van der Waals surface area contributed by atoms with Gasteiger partial charge in [0.1, 0.15) is 11.6 Å². The number of nitrogens with two attached hydrogens (primary N) is 1. The van der Waals surface area contributed by atoms with Crippen molar-refractivity contribution in [3.8, 4) is 0 Å². The van der Waals surface area contributed by atoms with Crippen LogP contribution in [0, 0.1) is 18.6 Å². The van der Waals surface area contributed by atoms with Gasteiger partial charge in [-0.2, -0.15) is 0 Å². The zero-order valence-electron chi connectivity index (χ0n) is 9.75. The van der Waals surface area contributed by atoms with E-state index >= 15 is 0 Å². The highest BCUT2D eigenvalue weighted by Gasteiger charge is 2.14. The lowest BCUT2D eigenvalue weighted by Crippen LogP contribution is -2.14. The first-order valence-electron chi connectivity index (χ1n) is 5.45. The van der Waals surface area contributed by atoms with Crippen molar-refractivity contribution in [1.82, 2.24) is 0 Å². The van der Waals surface area contributed by atoms with Crippen LogP contribution in [0.15, 0.2) is 40.9 Å². The Kier molecular flexibility index (Phi) is 3.78. The molecule has 0 heterocycles. The Morgan fingerprint density at radius 1 is 1.06 bits per heavy atom. The summed E-state index contributed by atoms with van der Waals surface area (Å²) in [7, 11) is 0. The van der Waals surface area contributed by atoms with Crippen LogP contribution in [0.1, 0.15) is 22.7 Å². The molecular weight excluding hydrogens is 300 g/mol. The molecule has 0 aliphatic rings. The van der Waals surface area contributed by atoms with Crippen molar-refractivity contribution in [2.24, 2.45) is 5.73 Å². The van der Waals surface area contributed by atoms with E-state index in [9.17, 15) is 8.78 Å². The molecule has 0 spiro atoms. The fourth-order valence-corrected chi connectivity index (χ4v) is 2.17. The molecule has 18 heavy (non-hydrogen) atoms. The number of aryl methyl sites for hydroxylation is 1. The number of hydrogen-bond acceptors (Lipinski definition) is 1. The number of hydrogen-bond donors (Lipinski definition) is 1. The zero-order chi connectivity index (χ0) is 13.3. The highest BCUT2D eigenvalue weighted by molar-refractivity contribution is 9.10. The molecule has 0 radical (unpaired) electrons. The first-order chi connectivity index (χ1) is 8.49. The second-order valence-corrected chi connectivity index (χ2v) is 5.07. The Labute approximate surface area is 113 Å². The highest BCUT2D eigenvalue weighted by atomic mass is 79.9. The Morgan fingerprint density at radius 2 is 1.72 bits per heavy atom. The van der Waals surface area contributed by atoms with E-state index in [0.717, 1.165) is 4.47 Å². The van der Waals surface area contributed by atoms with Gasteiger partial charge >= 0.3 is 0 Å². The molecule has 2 N–H and O–H groups in total. The summed E-state index contributed by atoms with van der Waals surface area (Å²) in [4.78, 5) is 0. The van der Waals surface area contributed by atoms with E-state index in [-0.39, 0.29) is 11.6 Å².